The van der Waals surface area contributed by atoms with Gasteiger partial charge in [-0.15, -0.1) is 0 Å². The lowest BCUT2D eigenvalue weighted by Crippen LogP contribution is -2.31. The van der Waals surface area contributed by atoms with Crippen LogP contribution in [0.4, 0.5) is 8.78 Å². The Hall–Kier alpha value is -1.49. The molecule has 0 aliphatic carbocycles. The van der Waals surface area contributed by atoms with Crippen molar-refractivity contribution in [1.29, 1.82) is 0 Å². The molecule has 0 aliphatic rings. The summed E-state index contributed by atoms with van der Waals surface area (Å²) < 4.78 is 28.4. The van der Waals surface area contributed by atoms with Crippen molar-refractivity contribution in [3.05, 3.63) is 29.6 Å². The largest absolute Gasteiger partial charge is 0.330 e. The second-order valence-corrected chi connectivity index (χ2v) is 4.84. The number of halogens is 2. The lowest BCUT2D eigenvalue weighted by molar-refractivity contribution is 0.487. The van der Waals surface area contributed by atoms with Crippen LogP contribution in [-0.2, 0) is 12.5 Å². The Labute approximate surface area is 98.2 Å². The molecule has 2 N–H and O–H groups in total. The summed E-state index contributed by atoms with van der Waals surface area (Å²) in [6, 6.07) is 2.12. The van der Waals surface area contributed by atoms with E-state index in [1.165, 1.54) is 6.07 Å². The minimum Gasteiger partial charge on any atom is -0.330 e. The number of nitrogens with two attached hydrogens (primary N) is 1. The third-order valence-corrected chi connectivity index (χ3v) is 3.02. The second-order valence-electron chi connectivity index (χ2n) is 4.84. The van der Waals surface area contributed by atoms with Crippen molar-refractivity contribution in [3.8, 4) is 0 Å². The van der Waals surface area contributed by atoms with Crippen molar-refractivity contribution in [1.82, 2.24) is 9.55 Å². The van der Waals surface area contributed by atoms with Crippen LogP contribution >= 0.6 is 0 Å². The first-order chi connectivity index (χ1) is 7.86. The fourth-order valence-corrected chi connectivity index (χ4v) is 1.91. The van der Waals surface area contributed by atoms with Gasteiger partial charge >= 0.3 is 0 Å². The van der Waals surface area contributed by atoms with Crippen LogP contribution in [0.25, 0.3) is 11.0 Å². The highest BCUT2D eigenvalue weighted by Gasteiger charge is 2.26. The number of aromatic nitrogens is 2. The molecule has 0 amide bonds. The van der Waals surface area contributed by atoms with E-state index in [4.69, 9.17) is 5.73 Å². The summed E-state index contributed by atoms with van der Waals surface area (Å²) in [6.07, 6.45) is 0. The van der Waals surface area contributed by atoms with E-state index in [9.17, 15) is 8.78 Å². The molecule has 1 aromatic heterocycles. The van der Waals surface area contributed by atoms with Gasteiger partial charge in [0, 0.05) is 25.1 Å². The van der Waals surface area contributed by atoms with Crippen LogP contribution in [-0.4, -0.2) is 16.1 Å². The first-order valence-electron chi connectivity index (χ1n) is 5.39. The van der Waals surface area contributed by atoms with Crippen molar-refractivity contribution in [2.24, 2.45) is 12.8 Å². The van der Waals surface area contributed by atoms with Gasteiger partial charge in [0.25, 0.3) is 0 Å². The summed E-state index contributed by atoms with van der Waals surface area (Å²) >= 11 is 0. The van der Waals surface area contributed by atoms with E-state index in [0.717, 1.165) is 6.07 Å². The van der Waals surface area contributed by atoms with Gasteiger partial charge in [-0.25, -0.2) is 13.8 Å². The maximum Gasteiger partial charge on any atom is 0.153 e. The highest BCUT2D eigenvalue weighted by molar-refractivity contribution is 5.77. The molecule has 1 aromatic carbocycles. The van der Waals surface area contributed by atoms with E-state index < -0.39 is 11.6 Å². The SMILES string of the molecule is Cn1c(C(C)(C)CN)nc2c(F)cc(F)cc21. The molecule has 0 saturated heterocycles. The van der Waals surface area contributed by atoms with Crippen molar-refractivity contribution in [3.63, 3.8) is 0 Å². The van der Waals surface area contributed by atoms with E-state index in [2.05, 4.69) is 4.98 Å². The fraction of sp³-hybridized carbons (Fsp3) is 0.417. The van der Waals surface area contributed by atoms with Gasteiger partial charge in [-0.1, -0.05) is 13.8 Å². The Morgan fingerprint density at radius 2 is 2.00 bits per heavy atom. The summed E-state index contributed by atoms with van der Waals surface area (Å²) in [4.78, 5) is 4.24. The zero-order valence-electron chi connectivity index (χ0n) is 10.1. The first-order valence-corrected chi connectivity index (χ1v) is 5.39. The number of hydrogen-bond acceptors (Lipinski definition) is 2. The van der Waals surface area contributed by atoms with Crippen LogP contribution in [0.5, 0.6) is 0 Å². The Balaban J connectivity index is 2.77. The molecule has 3 nitrogen and oxygen atoms in total. The standard InChI is InChI=1S/C12H15F2N3/c1-12(2,6-15)11-16-10-8(14)4-7(13)5-9(10)17(11)3/h4-5H,6,15H2,1-3H3. The molecule has 0 radical (unpaired) electrons. The number of hydrogen-bond donors (Lipinski definition) is 1. The molecule has 0 spiro atoms. The highest BCUT2D eigenvalue weighted by Crippen LogP contribution is 2.26. The summed E-state index contributed by atoms with van der Waals surface area (Å²) in [5, 5.41) is 0. The number of imidazole rings is 1. The lowest BCUT2D eigenvalue weighted by atomic mass is 9.93. The van der Waals surface area contributed by atoms with E-state index in [0.29, 0.717) is 17.9 Å². The molecule has 1 heterocycles. The highest BCUT2D eigenvalue weighted by atomic mass is 19.1. The molecule has 2 aromatic rings. The van der Waals surface area contributed by atoms with E-state index in [1.54, 1.807) is 11.6 Å². The van der Waals surface area contributed by atoms with Crippen molar-refractivity contribution in [2.45, 2.75) is 19.3 Å². The van der Waals surface area contributed by atoms with Gasteiger partial charge in [0.1, 0.15) is 17.2 Å². The lowest BCUT2D eigenvalue weighted by Gasteiger charge is -2.21. The number of nitrogens with zero attached hydrogens (tertiary/aromatic N) is 2. The molecule has 2 rings (SSSR count). The normalized spacial score (nSPS) is 12.4. The molecule has 0 bridgehead atoms. The van der Waals surface area contributed by atoms with Crippen LogP contribution in [0.1, 0.15) is 19.7 Å². The van der Waals surface area contributed by atoms with E-state index in [-0.39, 0.29) is 10.9 Å². The molecular formula is C12H15F2N3. The molecule has 92 valence electrons. The van der Waals surface area contributed by atoms with Crippen LogP contribution < -0.4 is 5.73 Å². The summed E-state index contributed by atoms with van der Waals surface area (Å²) in [7, 11) is 1.74. The Kier molecular flexibility index (Phi) is 2.66. The first kappa shape index (κ1) is 12.0. The average molecular weight is 239 g/mol. The monoisotopic (exact) mass is 239 g/mol. The van der Waals surface area contributed by atoms with Crippen LogP contribution in [0, 0.1) is 11.6 Å². The second kappa shape index (κ2) is 3.77. The van der Waals surface area contributed by atoms with E-state index in [1.807, 2.05) is 13.8 Å². The molecule has 5 heteroatoms. The molecule has 0 fully saturated rings. The molecule has 0 atom stereocenters. The van der Waals surface area contributed by atoms with Crippen LogP contribution in [0.2, 0.25) is 0 Å². The molecular weight excluding hydrogens is 224 g/mol. The van der Waals surface area contributed by atoms with Gasteiger partial charge in [0.2, 0.25) is 0 Å². The van der Waals surface area contributed by atoms with Gasteiger partial charge in [-0.2, -0.15) is 0 Å². The van der Waals surface area contributed by atoms with Gasteiger partial charge < -0.3 is 10.3 Å². The van der Waals surface area contributed by atoms with Gasteiger partial charge in [-0.3, -0.25) is 0 Å². The minimum absolute atomic E-state index is 0.186. The van der Waals surface area contributed by atoms with Crippen LogP contribution in [0.15, 0.2) is 12.1 Å². The molecule has 0 saturated carbocycles. The van der Waals surface area contributed by atoms with Crippen LogP contribution in [0.3, 0.4) is 0 Å². The fourth-order valence-electron chi connectivity index (χ4n) is 1.91. The zero-order valence-corrected chi connectivity index (χ0v) is 10.1. The molecule has 17 heavy (non-hydrogen) atoms. The third kappa shape index (κ3) is 1.80. The number of fused-ring (bicyclic) bond motifs is 1. The minimum atomic E-state index is -0.644. The number of benzene rings is 1. The third-order valence-electron chi connectivity index (χ3n) is 3.02. The van der Waals surface area contributed by atoms with Gasteiger partial charge in [0.05, 0.1) is 5.52 Å². The zero-order chi connectivity index (χ0) is 12.8. The van der Waals surface area contributed by atoms with Gasteiger partial charge in [0.15, 0.2) is 5.82 Å². The smallest absolute Gasteiger partial charge is 0.153 e. The number of rotatable bonds is 2. The molecule has 0 unspecified atom stereocenters. The van der Waals surface area contributed by atoms with Crippen molar-refractivity contribution in [2.75, 3.05) is 6.54 Å². The number of aryl methyl sites for hydroxylation is 1. The summed E-state index contributed by atoms with van der Waals surface area (Å²) in [5.74, 6) is -0.593. The Morgan fingerprint density at radius 3 is 2.59 bits per heavy atom. The maximum atomic E-state index is 13.6. The van der Waals surface area contributed by atoms with Crippen molar-refractivity contribution >= 4 is 11.0 Å². The quantitative estimate of drug-likeness (QED) is 0.872. The summed E-state index contributed by atoms with van der Waals surface area (Å²) in [5.41, 5.74) is 5.93. The maximum absolute atomic E-state index is 13.6. The molecule has 0 aliphatic heterocycles. The Bertz CT molecular complexity index is 573. The Morgan fingerprint density at radius 1 is 1.35 bits per heavy atom. The summed E-state index contributed by atoms with van der Waals surface area (Å²) in [6.45, 7) is 4.22. The predicted molar refractivity (Wildman–Crippen MR) is 62.7 cm³/mol. The topological polar surface area (TPSA) is 43.8 Å². The van der Waals surface area contributed by atoms with Gasteiger partial charge in [-0.05, 0) is 6.07 Å². The van der Waals surface area contributed by atoms with Crippen molar-refractivity contribution < 1.29 is 8.78 Å². The average Bonchev–Trinajstić information content (AvgIpc) is 2.58. The predicted octanol–water partition coefficient (Wildman–Crippen LogP) is 2.09. The van der Waals surface area contributed by atoms with E-state index >= 15 is 0 Å².